The Morgan fingerprint density at radius 2 is 1.78 bits per heavy atom. The van der Waals surface area contributed by atoms with Crippen molar-refractivity contribution in [2.24, 2.45) is 0 Å². The fraction of sp³-hybridized carbons (Fsp3) is 0.438. The van der Waals surface area contributed by atoms with Crippen LogP contribution < -0.4 is 15.5 Å². The van der Waals surface area contributed by atoms with E-state index in [2.05, 4.69) is 10.6 Å². The van der Waals surface area contributed by atoms with Crippen molar-refractivity contribution >= 4 is 29.1 Å². The molecule has 0 saturated heterocycles. The molecule has 23 heavy (non-hydrogen) atoms. The highest BCUT2D eigenvalue weighted by molar-refractivity contribution is 5.97. The number of anilines is 2. The van der Waals surface area contributed by atoms with Crippen molar-refractivity contribution in [3.63, 3.8) is 0 Å². The van der Waals surface area contributed by atoms with Gasteiger partial charge in [-0.05, 0) is 30.7 Å². The number of amides is 3. The number of ether oxygens (including phenoxy) is 1. The molecule has 1 rings (SSSR count). The van der Waals surface area contributed by atoms with Gasteiger partial charge in [0.2, 0.25) is 17.7 Å². The Kier molecular flexibility index (Phi) is 7.76. The van der Waals surface area contributed by atoms with Crippen LogP contribution in [0.2, 0.25) is 0 Å². The van der Waals surface area contributed by atoms with Crippen molar-refractivity contribution < 1.29 is 19.1 Å². The molecule has 7 nitrogen and oxygen atoms in total. The third-order valence-electron chi connectivity index (χ3n) is 3.03. The molecule has 7 heteroatoms. The van der Waals surface area contributed by atoms with Gasteiger partial charge in [-0.2, -0.15) is 0 Å². The van der Waals surface area contributed by atoms with Crippen LogP contribution in [0.3, 0.4) is 0 Å². The summed E-state index contributed by atoms with van der Waals surface area (Å²) in [6, 6.07) is 6.74. The molecule has 0 atom stereocenters. The zero-order valence-electron chi connectivity index (χ0n) is 13.7. The average molecular weight is 321 g/mol. The molecule has 0 radical (unpaired) electrons. The highest BCUT2D eigenvalue weighted by atomic mass is 16.5. The maximum absolute atomic E-state index is 11.9. The maximum atomic E-state index is 11.9. The first kappa shape index (κ1) is 18.6. The molecule has 0 aliphatic carbocycles. The van der Waals surface area contributed by atoms with E-state index in [1.807, 2.05) is 0 Å². The molecule has 1 aromatic rings. The fourth-order valence-electron chi connectivity index (χ4n) is 1.96. The molecule has 0 fully saturated rings. The van der Waals surface area contributed by atoms with Crippen molar-refractivity contribution in [2.75, 3.05) is 37.0 Å². The normalized spacial score (nSPS) is 10.0. The van der Waals surface area contributed by atoms with Crippen LogP contribution in [-0.2, 0) is 19.1 Å². The van der Waals surface area contributed by atoms with Gasteiger partial charge >= 0.3 is 0 Å². The van der Waals surface area contributed by atoms with Crippen LogP contribution in [0.4, 0.5) is 11.4 Å². The molecule has 0 unspecified atom stereocenters. The molecular weight excluding hydrogens is 298 g/mol. The lowest BCUT2D eigenvalue weighted by Gasteiger charge is -2.21. The van der Waals surface area contributed by atoms with E-state index in [1.165, 1.54) is 18.7 Å². The number of rotatable bonds is 8. The van der Waals surface area contributed by atoms with Crippen LogP contribution in [0.1, 0.15) is 20.3 Å². The summed E-state index contributed by atoms with van der Waals surface area (Å²) in [6.45, 7) is 3.84. The summed E-state index contributed by atoms with van der Waals surface area (Å²) in [7, 11) is 1.60. The highest BCUT2D eigenvalue weighted by Gasteiger charge is 2.15. The lowest BCUT2D eigenvalue weighted by Crippen LogP contribution is -2.40. The first-order valence-corrected chi connectivity index (χ1v) is 7.35. The Morgan fingerprint density at radius 3 is 2.30 bits per heavy atom. The number of carbonyl (C=O) groups is 3. The summed E-state index contributed by atoms with van der Waals surface area (Å²) in [6.07, 6.45) is 0.716. The highest BCUT2D eigenvalue weighted by Crippen LogP contribution is 2.18. The Labute approximate surface area is 136 Å². The number of methoxy groups -OCH3 is 1. The summed E-state index contributed by atoms with van der Waals surface area (Å²) in [5, 5.41) is 5.39. The van der Waals surface area contributed by atoms with Gasteiger partial charge in [-0.3, -0.25) is 14.4 Å². The molecule has 3 amide bonds. The molecule has 0 heterocycles. The van der Waals surface area contributed by atoms with Gasteiger partial charge in [0.15, 0.2) is 0 Å². The van der Waals surface area contributed by atoms with Gasteiger partial charge in [0, 0.05) is 45.5 Å². The van der Waals surface area contributed by atoms with Gasteiger partial charge in [0.05, 0.1) is 0 Å². The second-order valence-corrected chi connectivity index (χ2v) is 5.03. The second kappa shape index (κ2) is 9.58. The maximum Gasteiger partial charge on any atom is 0.240 e. The van der Waals surface area contributed by atoms with E-state index in [-0.39, 0.29) is 24.3 Å². The summed E-state index contributed by atoms with van der Waals surface area (Å²) < 4.78 is 4.91. The molecule has 0 aliphatic heterocycles. The van der Waals surface area contributed by atoms with Crippen LogP contribution in [0.25, 0.3) is 0 Å². The molecule has 0 spiro atoms. The van der Waals surface area contributed by atoms with E-state index in [0.29, 0.717) is 30.9 Å². The minimum Gasteiger partial charge on any atom is -0.385 e. The largest absolute Gasteiger partial charge is 0.385 e. The molecular formula is C16H23N3O4. The fourth-order valence-corrected chi connectivity index (χ4v) is 1.96. The van der Waals surface area contributed by atoms with Crippen molar-refractivity contribution in [3.8, 4) is 0 Å². The average Bonchev–Trinajstić information content (AvgIpc) is 2.49. The molecule has 1 aromatic carbocycles. The molecule has 0 saturated carbocycles. The van der Waals surface area contributed by atoms with Crippen molar-refractivity contribution in [1.29, 1.82) is 0 Å². The summed E-state index contributed by atoms with van der Waals surface area (Å²) >= 11 is 0. The first-order chi connectivity index (χ1) is 10.9. The number of nitrogens with zero attached hydrogens (tertiary/aromatic N) is 1. The van der Waals surface area contributed by atoms with Gasteiger partial charge in [0.1, 0.15) is 6.54 Å². The lowest BCUT2D eigenvalue weighted by atomic mass is 10.2. The van der Waals surface area contributed by atoms with Gasteiger partial charge in [0.25, 0.3) is 0 Å². The van der Waals surface area contributed by atoms with Gasteiger partial charge in [-0.25, -0.2) is 0 Å². The zero-order valence-corrected chi connectivity index (χ0v) is 13.7. The van der Waals surface area contributed by atoms with E-state index >= 15 is 0 Å². The number of nitrogens with one attached hydrogen (secondary N) is 2. The molecule has 126 valence electrons. The SMILES string of the molecule is COCCCNC(=O)CN(C(C)=O)c1ccc(NC(C)=O)cc1. The van der Waals surface area contributed by atoms with Crippen LogP contribution in [-0.4, -0.2) is 44.5 Å². The van der Waals surface area contributed by atoms with Crippen LogP contribution in [0.15, 0.2) is 24.3 Å². The summed E-state index contributed by atoms with van der Waals surface area (Å²) in [5.74, 6) is -0.636. The quantitative estimate of drug-likeness (QED) is 0.703. The van der Waals surface area contributed by atoms with Crippen LogP contribution in [0.5, 0.6) is 0 Å². The standard InChI is InChI=1S/C16H23N3O4/c1-12(20)18-14-5-7-15(8-6-14)19(13(2)21)11-16(22)17-9-4-10-23-3/h5-8H,4,9-11H2,1-3H3,(H,17,22)(H,18,20). The predicted octanol–water partition coefficient (Wildman–Crippen LogP) is 1.15. The summed E-state index contributed by atoms with van der Waals surface area (Å²) in [5.41, 5.74) is 1.23. The van der Waals surface area contributed by atoms with Crippen molar-refractivity contribution in [2.45, 2.75) is 20.3 Å². The van der Waals surface area contributed by atoms with Crippen molar-refractivity contribution in [3.05, 3.63) is 24.3 Å². The number of carbonyl (C=O) groups excluding carboxylic acids is 3. The van der Waals surface area contributed by atoms with Gasteiger partial charge in [-0.1, -0.05) is 0 Å². The molecule has 0 bridgehead atoms. The lowest BCUT2D eigenvalue weighted by molar-refractivity contribution is -0.123. The zero-order chi connectivity index (χ0) is 17.2. The van der Waals surface area contributed by atoms with Gasteiger partial charge < -0.3 is 20.3 Å². The monoisotopic (exact) mass is 321 g/mol. The number of hydrogen-bond donors (Lipinski definition) is 2. The Balaban J connectivity index is 2.65. The Morgan fingerprint density at radius 1 is 1.13 bits per heavy atom. The molecule has 0 aliphatic rings. The van der Waals surface area contributed by atoms with E-state index in [9.17, 15) is 14.4 Å². The van der Waals surface area contributed by atoms with Crippen molar-refractivity contribution in [1.82, 2.24) is 5.32 Å². The first-order valence-electron chi connectivity index (χ1n) is 7.35. The number of hydrogen-bond acceptors (Lipinski definition) is 4. The third kappa shape index (κ3) is 6.92. The van der Waals surface area contributed by atoms with E-state index < -0.39 is 0 Å². The molecule has 0 aromatic heterocycles. The Hall–Kier alpha value is -2.41. The van der Waals surface area contributed by atoms with E-state index in [0.717, 1.165) is 0 Å². The second-order valence-electron chi connectivity index (χ2n) is 5.03. The predicted molar refractivity (Wildman–Crippen MR) is 88.3 cm³/mol. The minimum absolute atomic E-state index is 0.0538. The van der Waals surface area contributed by atoms with E-state index in [1.54, 1.807) is 31.4 Å². The third-order valence-corrected chi connectivity index (χ3v) is 3.03. The van der Waals surface area contributed by atoms with E-state index in [4.69, 9.17) is 4.74 Å². The topological polar surface area (TPSA) is 87.7 Å². The molecule has 2 N–H and O–H groups in total. The number of benzene rings is 1. The van der Waals surface area contributed by atoms with Crippen LogP contribution >= 0.6 is 0 Å². The smallest absolute Gasteiger partial charge is 0.240 e. The van der Waals surface area contributed by atoms with Gasteiger partial charge in [-0.15, -0.1) is 0 Å². The summed E-state index contributed by atoms with van der Waals surface area (Å²) in [4.78, 5) is 36.1. The van der Waals surface area contributed by atoms with Crippen LogP contribution in [0, 0.1) is 0 Å². The Bertz CT molecular complexity index is 543. The minimum atomic E-state index is -0.234.